The predicted octanol–water partition coefficient (Wildman–Crippen LogP) is 2.03. The number of nitrogens with one attached hydrogen (secondary N) is 1. The number of halogens is 1. The third-order valence-corrected chi connectivity index (χ3v) is 4.20. The lowest BCUT2D eigenvalue weighted by molar-refractivity contribution is -0.384. The third-order valence-electron chi connectivity index (χ3n) is 2.48. The monoisotopic (exact) mass is 328 g/mol. The molecular formula is C11H9ClN4O4S. The number of nitrogen functional groups attached to an aromatic ring is 1. The van der Waals surface area contributed by atoms with Crippen LogP contribution in [-0.4, -0.2) is 18.3 Å². The maximum absolute atomic E-state index is 12.2. The van der Waals surface area contributed by atoms with Gasteiger partial charge in [-0.2, -0.15) is 0 Å². The van der Waals surface area contributed by atoms with E-state index in [0.717, 1.165) is 18.2 Å². The van der Waals surface area contributed by atoms with Gasteiger partial charge in [-0.15, -0.1) is 0 Å². The Bertz CT molecular complexity index is 810. The van der Waals surface area contributed by atoms with Crippen LogP contribution in [0.2, 0.25) is 5.02 Å². The molecule has 0 bridgehead atoms. The van der Waals surface area contributed by atoms with Crippen LogP contribution in [0.1, 0.15) is 0 Å². The Hall–Kier alpha value is -2.39. The number of benzene rings is 1. The van der Waals surface area contributed by atoms with E-state index in [1.54, 1.807) is 6.07 Å². The lowest BCUT2D eigenvalue weighted by Crippen LogP contribution is -2.16. The molecule has 2 rings (SSSR count). The lowest BCUT2D eigenvalue weighted by Gasteiger charge is -2.10. The van der Waals surface area contributed by atoms with Crippen molar-refractivity contribution < 1.29 is 13.3 Å². The van der Waals surface area contributed by atoms with Crippen LogP contribution in [0.25, 0.3) is 0 Å². The van der Waals surface area contributed by atoms with Crippen LogP contribution < -0.4 is 10.5 Å². The van der Waals surface area contributed by atoms with Gasteiger partial charge in [-0.3, -0.25) is 14.8 Å². The molecule has 0 aliphatic heterocycles. The SMILES string of the molecule is Nc1cc([N+](=O)[O-])ccc1S(=O)(=O)Nc1ncccc1Cl. The highest BCUT2D eigenvalue weighted by atomic mass is 35.5. The minimum atomic E-state index is -4.05. The molecule has 0 fully saturated rings. The summed E-state index contributed by atoms with van der Waals surface area (Å²) in [6.07, 6.45) is 1.36. The molecule has 0 saturated carbocycles. The molecule has 0 spiro atoms. The number of sulfonamides is 1. The van der Waals surface area contributed by atoms with Gasteiger partial charge in [0.15, 0.2) is 5.82 Å². The molecule has 8 nitrogen and oxygen atoms in total. The Balaban J connectivity index is 2.41. The quantitative estimate of drug-likeness (QED) is 0.502. The van der Waals surface area contributed by atoms with Crippen molar-refractivity contribution in [1.29, 1.82) is 0 Å². The Morgan fingerprint density at radius 2 is 2.05 bits per heavy atom. The first-order valence-electron chi connectivity index (χ1n) is 5.48. The number of hydrogen-bond acceptors (Lipinski definition) is 6. The van der Waals surface area contributed by atoms with E-state index in [4.69, 9.17) is 17.3 Å². The molecule has 0 radical (unpaired) electrons. The molecule has 0 atom stereocenters. The maximum atomic E-state index is 12.2. The Labute approximate surface area is 124 Å². The second-order valence-electron chi connectivity index (χ2n) is 3.92. The minimum Gasteiger partial charge on any atom is -0.397 e. The van der Waals surface area contributed by atoms with Crippen LogP contribution in [0.5, 0.6) is 0 Å². The first-order valence-corrected chi connectivity index (χ1v) is 7.34. The fraction of sp³-hybridized carbons (Fsp3) is 0. The van der Waals surface area contributed by atoms with E-state index in [1.807, 2.05) is 0 Å². The summed E-state index contributed by atoms with van der Waals surface area (Å²) in [6, 6.07) is 6.07. The van der Waals surface area contributed by atoms with Crippen LogP contribution in [0, 0.1) is 10.1 Å². The lowest BCUT2D eigenvalue weighted by atomic mass is 10.3. The fourth-order valence-corrected chi connectivity index (χ4v) is 2.91. The van der Waals surface area contributed by atoms with Crippen LogP contribution in [0.4, 0.5) is 17.2 Å². The topological polar surface area (TPSA) is 128 Å². The number of aromatic nitrogens is 1. The molecule has 1 heterocycles. The Kier molecular flexibility index (Phi) is 3.96. The van der Waals surface area contributed by atoms with Crippen molar-refractivity contribution >= 4 is 38.8 Å². The van der Waals surface area contributed by atoms with Crippen molar-refractivity contribution in [3.63, 3.8) is 0 Å². The van der Waals surface area contributed by atoms with Crippen molar-refractivity contribution in [2.24, 2.45) is 0 Å². The van der Waals surface area contributed by atoms with E-state index >= 15 is 0 Å². The van der Waals surface area contributed by atoms with Gasteiger partial charge in [-0.25, -0.2) is 13.4 Å². The highest BCUT2D eigenvalue weighted by Crippen LogP contribution is 2.27. The number of nitrogens with two attached hydrogens (primary N) is 1. The van der Waals surface area contributed by atoms with E-state index in [0.29, 0.717) is 0 Å². The Morgan fingerprint density at radius 3 is 2.62 bits per heavy atom. The molecule has 0 amide bonds. The maximum Gasteiger partial charge on any atom is 0.271 e. The zero-order chi connectivity index (χ0) is 15.6. The smallest absolute Gasteiger partial charge is 0.271 e. The van der Waals surface area contributed by atoms with Crippen molar-refractivity contribution in [2.45, 2.75) is 4.90 Å². The number of non-ortho nitro benzene ring substituents is 1. The summed E-state index contributed by atoms with van der Waals surface area (Å²) in [6.45, 7) is 0. The molecule has 1 aromatic carbocycles. The first-order chi connectivity index (χ1) is 9.81. The highest BCUT2D eigenvalue weighted by molar-refractivity contribution is 7.92. The van der Waals surface area contributed by atoms with Crippen molar-refractivity contribution in [3.05, 3.63) is 51.7 Å². The second-order valence-corrected chi connectivity index (χ2v) is 5.98. The van der Waals surface area contributed by atoms with E-state index in [1.165, 1.54) is 12.3 Å². The second kappa shape index (κ2) is 5.54. The average molecular weight is 329 g/mol. The summed E-state index contributed by atoms with van der Waals surface area (Å²) in [5, 5.41) is 10.7. The van der Waals surface area contributed by atoms with Gasteiger partial charge in [0.05, 0.1) is 15.6 Å². The molecule has 0 unspecified atom stereocenters. The van der Waals surface area contributed by atoms with Crippen molar-refractivity contribution in [1.82, 2.24) is 4.98 Å². The van der Waals surface area contributed by atoms with E-state index in [-0.39, 0.29) is 27.1 Å². The molecular weight excluding hydrogens is 320 g/mol. The predicted molar refractivity (Wildman–Crippen MR) is 77.6 cm³/mol. The standard InChI is InChI=1S/C11H9ClN4O4S/c12-8-2-1-5-14-11(8)15-21(19,20)10-4-3-7(16(17)18)6-9(10)13/h1-6H,13H2,(H,14,15). The number of rotatable bonds is 4. The van der Waals surface area contributed by atoms with Gasteiger partial charge in [0, 0.05) is 18.3 Å². The summed E-state index contributed by atoms with van der Waals surface area (Å²) in [4.78, 5) is 13.4. The largest absolute Gasteiger partial charge is 0.397 e. The summed E-state index contributed by atoms with van der Waals surface area (Å²) >= 11 is 5.81. The van der Waals surface area contributed by atoms with Crippen molar-refractivity contribution in [3.8, 4) is 0 Å². The van der Waals surface area contributed by atoms with Crippen LogP contribution in [0.15, 0.2) is 41.4 Å². The minimum absolute atomic E-state index is 0.0584. The molecule has 3 N–H and O–H groups in total. The van der Waals surface area contributed by atoms with Gasteiger partial charge in [-0.05, 0) is 18.2 Å². The third kappa shape index (κ3) is 3.20. The zero-order valence-electron chi connectivity index (χ0n) is 10.4. The first kappa shape index (κ1) is 15.0. The molecule has 1 aromatic heterocycles. The highest BCUT2D eigenvalue weighted by Gasteiger charge is 2.21. The number of nitrogens with zero attached hydrogens (tertiary/aromatic N) is 2. The fourth-order valence-electron chi connectivity index (χ4n) is 1.54. The van der Waals surface area contributed by atoms with Gasteiger partial charge in [0.2, 0.25) is 0 Å². The van der Waals surface area contributed by atoms with Crippen LogP contribution in [0.3, 0.4) is 0 Å². The average Bonchev–Trinajstić information content (AvgIpc) is 2.40. The summed E-state index contributed by atoms with van der Waals surface area (Å²) < 4.78 is 26.6. The van der Waals surface area contributed by atoms with Crippen molar-refractivity contribution in [2.75, 3.05) is 10.5 Å². The van der Waals surface area contributed by atoms with Gasteiger partial charge in [-0.1, -0.05) is 11.6 Å². The summed E-state index contributed by atoms with van der Waals surface area (Å²) in [5.41, 5.74) is 5.01. The Morgan fingerprint density at radius 1 is 1.33 bits per heavy atom. The van der Waals surface area contributed by atoms with Crippen LogP contribution in [-0.2, 0) is 10.0 Å². The summed E-state index contributed by atoms with van der Waals surface area (Å²) in [5.74, 6) is -0.0584. The van der Waals surface area contributed by atoms with Gasteiger partial charge < -0.3 is 5.73 Å². The number of hydrogen-bond donors (Lipinski definition) is 2. The molecule has 10 heteroatoms. The number of nitro benzene ring substituents is 1. The molecule has 0 saturated heterocycles. The number of pyridine rings is 1. The summed E-state index contributed by atoms with van der Waals surface area (Å²) in [7, 11) is -4.05. The molecule has 110 valence electrons. The van der Waals surface area contributed by atoms with Crippen LogP contribution >= 0.6 is 11.6 Å². The molecule has 0 aliphatic rings. The zero-order valence-corrected chi connectivity index (χ0v) is 11.9. The van der Waals surface area contributed by atoms with E-state index in [9.17, 15) is 18.5 Å². The normalized spacial score (nSPS) is 11.1. The van der Waals surface area contributed by atoms with Gasteiger partial charge >= 0.3 is 0 Å². The van der Waals surface area contributed by atoms with Gasteiger partial charge in [0.25, 0.3) is 15.7 Å². The molecule has 2 aromatic rings. The van der Waals surface area contributed by atoms with E-state index in [2.05, 4.69) is 9.71 Å². The number of anilines is 2. The van der Waals surface area contributed by atoms with E-state index < -0.39 is 14.9 Å². The molecule has 0 aliphatic carbocycles. The van der Waals surface area contributed by atoms with Gasteiger partial charge in [0.1, 0.15) is 4.90 Å². The number of nitro groups is 1. The molecule has 21 heavy (non-hydrogen) atoms.